The van der Waals surface area contributed by atoms with Crippen LogP contribution in [0.3, 0.4) is 0 Å². The molecule has 0 heterocycles. The van der Waals surface area contributed by atoms with E-state index in [1.807, 2.05) is 18.2 Å². The molecule has 0 saturated heterocycles. The molecule has 0 aliphatic heterocycles. The molecular weight excluding hydrogens is 240 g/mol. The molecule has 19 heavy (non-hydrogen) atoms. The van der Waals surface area contributed by atoms with Crippen LogP contribution in [-0.2, 0) is 0 Å². The maximum absolute atomic E-state index is 10.6. The van der Waals surface area contributed by atoms with E-state index in [1.54, 1.807) is 14.2 Å². The van der Waals surface area contributed by atoms with E-state index in [-0.39, 0.29) is 0 Å². The lowest BCUT2D eigenvalue weighted by Crippen LogP contribution is -2.12. The number of aliphatic hydroxyl groups excluding tert-OH is 1. The number of hydrogen-bond donors (Lipinski definition) is 1. The molecule has 1 fully saturated rings. The van der Waals surface area contributed by atoms with Crippen molar-refractivity contribution in [3.8, 4) is 11.5 Å². The van der Waals surface area contributed by atoms with E-state index < -0.39 is 6.10 Å². The predicted molar refractivity (Wildman–Crippen MR) is 75.7 cm³/mol. The minimum Gasteiger partial charge on any atom is -0.493 e. The van der Waals surface area contributed by atoms with E-state index in [2.05, 4.69) is 0 Å². The number of aliphatic hydroxyl groups is 1. The van der Waals surface area contributed by atoms with Crippen LogP contribution in [0.25, 0.3) is 0 Å². The summed E-state index contributed by atoms with van der Waals surface area (Å²) in [5.41, 5.74) is 0.935. The van der Waals surface area contributed by atoms with Crippen molar-refractivity contribution in [1.82, 2.24) is 0 Å². The molecule has 0 aromatic heterocycles. The fraction of sp³-hybridized carbons (Fsp3) is 0.625. The Balaban J connectivity index is 2.15. The van der Waals surface area contributed by atoms with E-state index >= 15 is 0 Å². The topological polar surface area (TPSA) is 38.7 Å². The Hall–Kier alpha value is -1.22. The van der Waals surface area contributed by atoms with Gasteiger partial charge in [-0.2, -0.15) is 0 Å². The summed E-state index contributed by atoms with van der Waals surface area (Å²) in [6, 6.07) is 5.71. The summed E-state index contributed by atoms with van der Waals surface area (Å²) in [4.78, 5) is 0. The molecule has 1 aromatic rings. The Morgan fingerprint density at radius 3 is 2.21 bits per heavy atom. The van der Waals surface area contributed by atoms with Crippen molar-refractivity contribution in [2.45, 2.75) is 44.6 Å². The van der Waals surface area contributed by atoms with E-state index in [0.29, 0.717) is 17.4 Å². The number of benzene rings is 1. The molecule has 1 atom stereocenters. The minimum absolute atomic E-state index is 0.376. The Bertz CT molecular complexity index is 395. The van der Waals surface area contributed by atoms with E-state index in [1.165, 1.54) is 25.7 Å². The molecule has 0 radical (unpaired) electrons. The van der Waals surface area contributed by atoms with Gasteiger partial charge in [0, 0.05) is 0 Å². The molecule has 2 rings (SSSR count). The van der Waals surface area contributed by atoms with Crippen molar-refractivity contribution < 1.29 is 14.6 Å². The molecule has 106 valence electrons. The van der Waals surface area contributed by atoms with Crippen molar-refractivity contribution in [1.29, 1.82) is 0 Å². The molecule has 1 saturated carbocycles. The summed E-state index contributed by atoms with van der Waals surface area (Å²) in [7, 11) is 3.25. The third-order valence-electron chi connectivity index (χ3n) is 4.10. The van der Waals surface area contributed by atoms with Crippen molar-refractivity contribution in [3.05, 3.63) is 23.8 Å². The third kappa shape index (κ3) is 3.41. The molecule has 3 nitrogen and oxygen atoms in total. The fourth-order valence-electron chi connectivity index (χ4n) is 2.94. The quantitative estimate of drug-likeness (QED) is 0.843. The summed E-state index contributed by atoms with van der Waals surface area (Å²) in [6.07, 6.45) is 6.91. The highest BCUT2D eigenvalue weighted by molar-refractivity contribution is 5.43. The first-order valence-electron chi connectivity index (χ1n) is 7.16. The molecule has 1 aromatic carbocycles. The second kappa shape index (κ2) is 6.80. The van der Waals surface area contributed by atoms with Crippen molar-refractivity contribution in [2.75, 3.05) is 14.2 Å². The summed E-state index contributed by atoms with van der Waals surface area (Å²) < 4.78 is 10.5. The zero-order valence-electron chi connectivity index (χ0n) is 11.9. The van der Waals surface area contributed by atoms with Gasteiger partial charge in [0.1, 0.15) is 0 Å². The van der Waals surface area contributed by atoms with Crippen LogP contribution in [0, 0.1) is 5.92 Å². The summed E-state index contributed by atoms with van der Waals surface area (Å²) >= 11 is 0. The van der Waals surface area contributed by atoms with E-state index in [0.717, 1.165) is 18.4 Å². The van der Waals surface area contributed by atoms with E-state index in [4.69, 9.17) is 9.47 Å². The van der Waals surface area contributed by atoms with Gasteiger partial charge in [0.15, 0.2) is 11.5 Å². The number of hydrogen-bond acceptors (Lipinski definition) is 3. The predicted octanol–water partition coefficient (Wildman–Crippen LogP) is 3.71. The molecule has 0 bridgehead atoms. The smallest absolute Gasteiger partial charge is 0.161 e. The molecule has 1 unspecified atom stereocenters. The Morgan fingerprint density at radius 2 is 1.63 bits per heavy atom. The van der Waals surface area contributed by atoms with Crippen LogP contribution >= 0.6 is 0 Å². The summed E-state index contributed by atoms with van der Waals surface area (Å²) in [5.74, 6) is 1.77. The first kappa shape index (κ1) is 14.2. The Kier molecular flexibility index (Phi) is 5.08. The molecule has 3 heteroatoms. The van der Waals surface area contributed by atoms with Gasteiger partial charge in [0.05, 0.1) is 20.3 Å². The minimum atomic E-state index is -0.391. The molecular formula is C16H24O3. The van der Waals surface area contributed by atoms with Gasteiger partial charge < -0.3 is 14.6 Å². The SMILES string of the molecule is COc1ccc(C(O)C2CCCCCC2)cc1OC. The Morgan fingerprint density at radius 1 is 1.00 bits per heavy atom. The summed E-state index contributed by atoms with van der Waals surface area (Å²) in [5, 5.41) is 10.6. The normalized spacial score (nSPS) is 18.7. The van der Waals surface area contributed by atoms with Gasteiger partial charge in [-0.05, 0) is 36.5 Å². The van der Waals surface area contributed by atoms with Crippen LogP contribution in [0.1, 0.15) is 50.2 Å². The zero-order chi connectivity index (χ0) is 13.7. The highest BCUT2D eigenvalue weighted by atomic mass is 16.5. The largest absolute Gasteiger partial charge is 0.493 e. The maximum Gasteiger partial charge on any atom is 0.161 e. The van der Waals surface area contributed by atoms with Crippen molar-refractivity contribution in [2.24, 2.45) is 5.92 Å². The molecule has 1 aliphatic rings. The van der Waals surface area contributed by atoms with Gasteiger partial charge in [-0.3, -0.25) is 0 Å². The standard InChI is InChI=1S/C16H24O3/c1-18-14-10-9-13(11-15(14)19-2)16(17)12-7-5-3-4-6-8-12/h9-12,16-17H,3-8H2,1-2H3. The Labute approximate surface area is 115 Å². The highest BCUT2D eigenvalue weighted by Gasteiger charge is 2.23. The van der Waals surface area contributed by atoms with Gasteiger partial charge in [-0.25, -0.2) is 0 Å². The van der Waals surface area contributed by atoms with Crippen LogP contribution in [0.4, 0.5) is 0 Å². The lowest BCUT2D eigenvalue weighted by Gasteiger charge is -2.22. The fourth-order valence-corrected chi connectivity index (χ4v) is 2.94. The van der Waals surface area contributed by atoms with Gasteiger partial charge >= 0.3 is 0 Å². The lowest BCUT2D eigenvalue weighted by atomic mass is 9.89. The molecule has 1 N–H and O–H groups in total. The molecule has 0 spiro atoms. The molecule has 1 aliphatic carbocycles. The summed E-state index contributed by atoms with van der Waals surface area (Å²) in [6.45, 7) is 0. The first-order chi connectivity index (χ1) is 9.26. The zero-order valence-corrected chi connectivity index (χ0v) is 11.9. The van der Waals surface area contributed by atoms with E-state index in [9.17, 15) is 5.11 Å². The van der Waals surface area contributed by atoms with Gasteiger partial charge in [-0.15, -0.1) is 0 Å². The van der Waals surface area contributed by atoms with Crippen molar-refractivity contribution in [3.63, 3.8) is 0 Å². The number of rotatable bonds is 4. The first-order valence-corrected chi connectivity index (χ1v) is 7.16. The van der Waals surface area contributed by atoms with Gasteiger partial charge in [0.25, 0.3) is 0 Å². The van der Waals surface area contributed by atoms with Gasteiger partial charge in [-0.1, -0.05) is 31.7 Å². The van der Waals surface area contributed by atoms with Gasteiger partial charge in [0.2, 0.25) is 0 Å². The molecule has 0 amide bonds. The van der Waals surface area contributed by atoms with Crippen LogP contribution < -0.4 is 9.47 Å². The monoisotopic (exact) mass is 264 g/mol. The van der Waals surface area contributed by atoms with Crippen LogP contribution in [0.15, 0.2) is 18.2 Å². The lowest BCUT2D eigenvalue weighted by molar-refractivity contribution is 0.0985. The van der Waals surface area contributed by atoms with Crippen LogP contribution in [0.5, 0.6) is 11.5 Å². The number of ether oxygens (including phenoxy) is 2. The third-order valence-corrected chi connectivity index (χ3v) is 4.10. The highest BCUT2D eigenvalue weighted by Crippen LogP contribution is 2.36. The number of methoxy groups -OCH3 is 2. The second-order valence-corrected chi connectivity index (χ2v) is 5.31. The average molecular weight is 264 g/mol. The van der Waals surface area contributed by atoms with Crippen molar-refractivity contribution >= 4 is 0 Å². The average Bonchev–Trinajstić information content (AvgIpc) is 2.74. The maximum atomic E-state index is 10.6. The van der Waals surface area contributed by atoms with Crippen LogP contribution in [-0.4, -0.2) is 19.3 Å². The second-order valence-electron chi connectivity index (χ2n) is 5.31. The van der Waals surface area contributed by atoms with Crippen LogP contribution in [0.2, 0.25) is 0 Å².